The van der Waals surface area contributed by atoms with Gasteiger partial charge in [-0.1, -0.05) is 6.92 Å². The number of methoxy groups -OCH3 is 1. The maximum atomic E-state index is 5.88. The predicted octanol–water partition coefficient (Wildman–Crippen LogP) is 1.91. The Balaban J connectivity index is 1.77. The molecule has 1 fully saturated rings. The summed E-state index contributed by atoms with van der Waals surface area (Å²) in [5.74, 6) is 1.29. The van der Waals surface area contributed by atoms with Gasteiger partial charge in [0, 0.05) is 18.3 Å². The summed E-state index contributed by atoms with van der Waals surface area (Å²) >= 11 is 0. The second kappa shape index (κ2) is 7.14. The fourth-order valence-electron chi connectivity index (χ4n) is 2.20. The molecular weight excluding hydrogens is 252 g/mol. The van der Waals surface area contributed by atoms with Crippen LogP contribution in [0.2, 0.25) is 0 Å². The first-order chi connectivity index (χ1) is 9.72. The highest BCUT2D eigenvalue weighted by atomic mass is 16.5. The number of rotatable bonds is 7. The number of hydrogen-bond acceptors (Lipinski definition) is 3. The molecule has 5 heteroatoms. The van der Waals surface area contributed by atoms with Gasteiger partial charge >= 0.3 is 0 Å². The minimum atomic E-state index is 0.460. The Labute approximate surface area is 120 Å². The number of likely N-dealkylation sites (N-methyl/N-ethyl adjacent to an activating group) is 1. The smallest absolute Gasteiger partial charge is 0.193 e. The van der Waals surface area contributed by atoms with Crippen molar-refractivity contribution in [3.8, 4) is 5.75 Å². The zero-order valence-electron chi connectivity index (χ0n) is 12.3. The Morgan fingerprint density at radius 1 is 1.40 bits per heavy atom. The van der Waals surface area contributed by atoms with Gasteiger partial charge in [-0.3, -0.25) is 9.89 Å². The fraction of sp³-hybridized carbons (Fsp3) is 0.533. The Hall–Kier alpha value is -1.75. The molecule has 1 aromatic carbocycles. The molecule has 0 spiro atoms. The van der Waals surface area contributed by atoms with Crippen molar-refractivity contribution >= 4 is 11.6 Å². The number of ether oxygens (including phenoxy) is 1. The molecule has 110 valence electrons. The van der Waals surface area contributed by atoms with Crippen LogP contribution in [0.5, 0.6) is 5.75 Å². The van der Waals surface area contributed by atoms with Crippen LogP contribution in [0, 0.1) is 0 Å². The van der Waals surface area contributed by atoms with Crippen LogP contribution >= 0.6 is 0 Å². The third kappa shape index (κ3) is 4.42. The minimum absolute atomic E-state index is 0.460. The van der Waals surface area contributed by atoms with Gasteiger partial charge in [-0.05, 0) is 43.7 Å². The second-order valence-corrected chi connectivity index (χ2v) is 4.98. The number of benzene rings is 1. The van der Waals surface area contributed by atoms with Gasteiger partial charge in [-0.25, -0.2) is 0 Å². The van der Waals surface area contributed by atoms with Gasteiger partial charge in [0.15, 0.2) is 5.96 Å². The van der Waals surface area contributed by atoms with Crippen LogP contribution < -0.4 is 15.8 Å². The highest BCUT2D eigenvalue weighted by molar-refractivity contribution is 5.92. The molecule has 0 amide bonds. The largest absolute Gasteiger partial charge is 0.497 e. The second-order valence-electron chi connectivity index (χ2n) is 4.98. The summed E-state index contributed by atoms with van der Waals surface area (Å²) in [5.41, 5.74) is 6.80. The summed E-state index contributed by atoms with van der Waals surface area (Å²) in [6.45, 7) is 5.00. The van der Waals surface area contributed by atoms with E-state index >= 15 is 0 Å². The van der Waals surface area contributed by atoms with E-state index in [-0.39, 0.29) is 0 Å². The summed E-state index contributed by atoms with van der Waals surface area (Å²) in [6, 6.07) is 8.40. The van der Waals surface area contributed by atoms with Gasteiger partial charge in [0.05, 0.1) is 13.7 Å². The van der Waals surface area contributed by atoms with Gasteiger partial charge in [-0.2, -0.15) is 0 Å². The average molecular weight is 276 g/mol. The van der Waals surface area contributed by atoms with E-state index < -0.39 is 0 Å². The summed E-state index contributed by atoms with van der Waals surface area (Å²) in [6.07, 6.45) is 2.66. The van der Waals surface area contributed by atoms with E-state index in [1.54, 1.807) is 7.11 Å². The van der Waals surface area contributed by atoms with Crippen molar-refractivity contribution in [3.05, 3.63) is 24.3 Å². The quantitative estimate of drug-likeness (QED) is 0.590. The molecule has 0 aromatic heterocycles. The minimum Gasteiger partial charge on any atom is -0.497 e. The molecular formula is C15H24N4O. The topological polar surface area (TPSA) is 62.9 Å². The van der Waals surface area contributed by atoms with Gasteiger partial charge < -0.3 is 15.8 Å². The SMILES string of the molecule is CCN(CCN=C(N)Nc1ccc(OC)cc1)C1CC1. The van der Waals surface area contributed by atoms with Gasteiger partial charge in [0.2, 0.25) is 0 Å². The number of nitrogens with one attached hydrogen (secondary N) is 1. The first-order valence-corrected chi connectivity index (χ1v) is 7.18. The number of aliphatic imine (C=N–C) groups is 1. The van der Waals surface area contributed by atoms with Gasteiger partial charge in [0.25, 0.3) is 0 Å². The molecule has 0 saturated heterocycles. The van der Waals surface area contributed by atoms with E-state index in [2.05, 4.69) is 22.1 Å². The molecule has 0 bridgehead atoms. The van der Waals surface area contributed by atoms with Gasteiger partial charge in [0.1, 0.15) is 5.75 Å². The monoisotopic (exact) mass is 276 g/mol. The molecule has 20 heavy (non-hydrogen) atoms. The number of hydrogen-bond donors (Lipinski definition) is 2. The Kier molecular flexibility index (Phi) is 5.24. The molecule has 5 nitrogen and oxygen atoms in total. The first-order valence-electron chi connectivity index (χ1n) is 7.18. The van der Waals surface area contributed by atoms with Crippen LogP contribution in [-0.2, 0) is 0 Å². The van der Waals surface area contributed by atoms with Crippen LogP contribution in [0.1, 0.15) is 19.8 Å². The lowest BCUT2D eigenvalue weighted by Gasteiger charge is -2.18. The molecule has 1 aromatic rings. The highest BCUT2D eigenvalue weighted by Crippen LogP contribution is 2.25. The van der Waals surface area contributed by atoms with Crippen LogP contribution in [-0.4, -0.2) is 43.6 Å². The van der Waals surface area contributed by atoms with Crippen molar-refractivity contribution < 1.29 is 4.74 Å². The Bertz CT molecular complexity index is 440. The van der Waals surface area contributed by atoms with Gasteiger partial charge in [-0.15, -0.1) is 0 Å². The number of anilines is 1. The Morgan fingerprint density at radius 3 is 2.65 bits per heavy atom. The molecule has 2 rings (SSSR count). The molecule has 1 aliphatic carbocycles. The maximum Gasteiger partial charge on any atom is 0.193 e. The van der Waals surface area contributed by atoms with Crippen molar-refractivity contribution in [1.29, 1.82) is 0 Å². The van der Waals surface area contributed by atoms with E-state index in [0.717, 1.165) is 37.1 Å². The first kappa shape index (κ1) is 14.7. The zero-order chi connectivity index (χ0) is 14.4. The molecule has 1 aliphatic rings. The molecule has 0 radical (unpaired) electrons. The van der Waals surface area contributed by atoms with E-state index in [9.17, 15) is 0 Å². The number of nitrogens with zero attached hydrogens (tertiary/aromatic N) is 2. The van der Waals surface area contributed by atoms with E-state index in [4.69, 9.17) is 10.5 Å². The lowest BCUT2D eigenvalue weighted by atomic mass is 10.3. The van der Waals surface area contributed by atoms with E-state index in [1.807, 2.05) is 24.3 Å². The van der Waals surface area contributed by atoms with Crippen molar-refractivity contribution in [2.75, 3.05) is 32.1 Å². The number of guanidine groups is 1. The Morgan fingerprint density at radius 2 is 2.10 bits per heavy atom. The average Bonchev–Trinajstić information content (AvgIpc) is 3.29. The predicted molar refractivity (Wildman–Crippen MR) is 83.4 cm³/mol. The molecule has 0 unspecified atom stereocenters. The molecule has 0 atom stereocenters. The summed E-state index contributed by atoms with van der Waals surface area (Å²) in [5, 5.41) is 3.08. The summed E-state index contributed by atoms with van der Waals surface area (Å²) < 4.78 is 5.11. The molecule has 0 heterocycles. The summed E-state index contributed by atoms with van der Waals surface area (Å²) in [4.78, 5) is 6.83. The van der Waals surface area contributed by atoms with E-state index in [1.165, 1.54) is 12.8 Å². The molecule has 1 saturated carbocycles. The lowest BCUT2D eigenvalue weighted by molar-refractivity contribution is 0.286. The molecule has 0 aliphatic heterocycles. The van der Waals surface area contributed by atoms with Crippen molar-refractivity contribution in [2.24, 2.45) is 10.7 Å². The van der Waals surface area contributed by atoms with Crippen molar-refractivity contribution in [3.63, 3.8) is 0 Å². The fourth-order valence-corrected chi connectivity index (χ4v) is 2.20. The standard InChI is InChI=1S/C15H24N4O/c1-3-19(13-6-7-13)11-10-17-15(16)18-12-4-8-14(20-2)9-5-12/h4-5,8-9,13H,3,6-7,10-11H2,1-2H3,(H3,16,17,18). The number of nitrogens with two attached hydrogens (primary N) is 1. The summed E-state index contributed by atoms with van der Waals surface area (Å²) in [7, 11) is 1.65. The third-order valence-corrected chi connectivity index (χ3v) is 3.50. The normalized spacial score (nSPS) is 15.4. The maximum absolute atomic E-state index is 5.88. The molecule has 3 N–H and O–H groups in total. The lowest BCUT2D eigenvalue weighted by Crippen LogP contribution is -2.30. The third-order valence-electron chi connectivity index (χ3n) is 3.50. The van der Waals surface area contributed by atoms with Crippen LogP contribution in [0.4, 0.5) is 5.69 Å². The zero-order valence-corrected chi connectivity index (χ0v) is 12.3. The van der Waals surface area contributed by atoms with Crippen LogP contribution in [0.25, 0.3) is 0 Å². The van der Waals surface area contributed by atoms with Crippen molar-refractivity contribution in [1.82, 2.24) is 4.90 Å². The van der Waals surface area contributed by atoms with Crippen LogP contribution in [0.3, 0.4) is 0 Å². The van der Waals surface area contributed by atoms with Crippen LogP contribution in [0.15, 0.2) is 29.3 Å². The highest BCUT2D eigenvalue weighted by Gasteiger charge is 2.26. The van der Waals surface area contributed by atoms with E-state index in [0.29, 0.717) is 5.96 Å². The van der Waals surface area contributed by atoms with Crippen molar-refractivity contribution in [2.45, 2.75) is 25.8 Å².